The monoisotopic (exact) mass is 338 g/mol. The van der Waals surface area contributed by atoms with Gasteiger partial charge in [-0.05, 0) is 42.0 Å². The lowest BCUT2D eigenvalue weighted by Crippen LogP contribution is -2.40. The number of carbonyl (C=O) groups is 1. The van der Waals surface area contributed by atoms with Gasteiger partial charge >= 0.3 is 0 Å². The van der Waals surface area contributed by atoms with E-state index >= 15 is 0 Å². The Morgan fingerprint density at radius 1 is 1.20 bits per heavy atom. The highest BCUT2D eigenvalue weighted by atomic mass is 16.3. The summed E-state index contributed by atoms with van der Waals surface area (Å²) in [5.74, 6) is 0.608. The van der Waals surface area contributed by atoms with Gasteiger partial charge in [-0.2, -0.15) is 0 Å². The van der Waals surface area contributed by atoms with Gasteiger partial charge in [0.2, 0.25) is 5.91 Å². The maximum atomic E-state index is 13.1. The summed E-state index contributed by atoms with van der Waals surface area (Å²) in [6, 6.07) is 16.6. The van der Waals surface area contributed by atoms with Gasteiger partial charge in [0.15, 0.2) is 0 Å². The van der Waals surface area contributed by atoms with Crippen molar-refractivity contribution in [1.82, 2.24) is 4.90 Å². The van der Waals surface area contributed by atoms with Crippen molar-refractivity contribution in [3.05, 3.63) is 65.7 Å². The maximum absolute atomic E-state index is 13.1. The van der Waals surface area contributed by atoms with Crippen LogP contribution in [0.2, 0.25) is 0 Å². The third-order valence-corrected chi connectivity index (χ3v) is 4.88. The van der Waals surface area contributed by atoms with E-state index in [0.717, 1.165) is 17.7 Å². The van der Waals surface area contributed by atoms with Crippen LogP contribution < -0.4 is 5.73 Å². The van der Waals surface area contributed by atoms with Crippen molar-refractivity contribution < 1.29 is 9.90 Å². The van der Waals surface area contributed by atoms with E-state index in [1.807, 2.05) is 54.3 Å². The summed E-state index contributed by atoms with van der Waals surface area (Å²) in [6.45, 7) is 3.18. The Hall–Kier alpha value is -2.33. The van der Waals surface area contributed by atoms with E-state index in [4.69, 9.17) is 5.73 Å². The lowest BCUT2D eigenvalue weighted by Gasteiger charge is -2.29. The van der Waals surface area contributed by atoms with E-state index in [9.17, 15) is 9.90 Å². The zero-order valence-electron chi connectivity index (χ0n) is 14.6. The van der Waals surface area contributed by atoms with E-state index in [0.29, 0.717) is 12.5 Å². The van der Waals surface area contributed by atoms with Crippen LogP contribution in [0.15, 0.2) is 54.6 Å². The van der Waals surface area contributed by atoms with Crippen LogP contribution in [0.1, 0.15) is 36.9 Å². The number of nitrogens with zero attached hydrogens (tertiary/aromatic N) is 1. The molecule has 0 heterocycles. The van der Waals surface area contributed by atoms with Gasteiger partial charge in [-0.25, -0.2) is 0 Å². The van der Waals surface area contributed by atoms with Gasteiger partial charge < -0.3 is 15.7 Å². The molecule has 1 saturated carbocycles. The van der Waals surface area contributed by atoms with Crippen LogP contribution in [-0.2, 0) is 11.3 Å². The molecule has 3 N–H and O–H groups in total. The number of phenolic OH excluding ortho intramolecular Hbond substituents is 1. The molecule has 132 valence electrons. The van der Waals surface area contributed by atoms with Crippen LogP contribution in [0.25, 0.3) is 0 Å². The second kappa shape index (κ2) is 7.70. The number of carbonyl (C=O) groups excluding carboxylic acids is 1. The molecule has 1 amide bonds. The van der Waals surface area contributed by atoms with Gasteiger partial charge in [0.1, 0.15) is 5.75 Å². The summed E-state index contributed by atoms with van der Waals surface area (Å²) in [5, 5.41) is 9.68. The molecule has 25 heavy (non-hydrogen) atoms. The Kier molecular flexibility index (Phi) is 5.39. The first-order chi connectivity index (χ1) is 12.0. The molecule has 0 aromatic heterocycles. The third kappa shape index (κ3) is 4.60. The average Bonchev–Trinajstić information content (AvgIpc) is 3.44. The van der Waals surface area contributed by atoms with Crippen molar-refractivity contribution in [3.8, 4) is 5.75 Å². The number of phenols is 1. The second-order valence-corrected chi connectivity index (χ2v) is 7.06. The molecule has 2 unspecified atom stereocenters. The van der Waals surface area contributed by atoms with Crippen molar-refractivity contribution in [2.24, 2.45) is 17.6 Å². The number of aromatic hydroxyl groups is 1. The molecule has 2 aromatic carbocycles. The first-order valence-electron chi connectivity index (χ1n) is 8.92. The Morgan fingerprint density at radius 2 is 1.92 bits per heavy atom. The minimum absolute atomic E-state index is 0.0756. The van der Waals surface area contributed by atoms with Crippen LogP contribution in [0.4, 0.5) is 0 Å². The standard InChI is InChI=1S/C21H26N2O2/c1-15(20(22)18-7-3-2-4-8-18)21(25)23(13-16-10-11-16)14-17-6-5-9-19(24)12-17/h2-9,12,15-16,20,24H,10-11,13-14,22H2,1H3. The molecule has 1 aliphatic rings. The lowest BCUT2D eigenvalue weighted by molar-refractivity contribution is -0.136. The van der Waals surface area contributed by atoms with E-state index in [1.54, 1.807) is 12.1 Å². The molecule has 1 fully saturated rings. The molecule has 4 heteroatoms. The highest BCUT2D eigenvalue weighted by Crippen LogP contribution is 2.32. The van der Waals surface area contributed by atoms with Crippen molar-refractivity contribution in [1.29, 1.82) is 0 Å². The van der Waals surface area contributed by atoms with Gasteiger partial charge in [0, 0.05) is 19.1 Å². The van der Waals surface area contributed by atoms with Crippen LogP contribution in [-0.4, -0.2) is 22.5 Å². The fraction of sp³-hybridized carbons (Fsp3) is 0.381. The van der Waals surface area contributed by atoms with Crippen molar-refractivity contribution in [3.63, 3.8) is 0 Å². The number of benzene rings is 2. The average molecular weight is 338 g/mol. The predicted molar refractivity (Wildman–Crippen MR) is 98.8 cm³/mol. The molecule has 4 nitrogen and oxygen atoms in total. The Labute approximate surface area is 149 Å². The fourth-order valence-corrected chi connectivity index (χ4v) is 3.13. The summed E-state index contributed by atoms with van der Waals surface area (Å²) in [7, 11) is 0. The fourth-order valence-electron chi connectivity index (χ4n) is 3.13. The topological polar surface area (TPSA) is 66.6 Å². The third-order valence-electron chi connectivity index (χ3n) is 4.88. The molecule has 2 atom stereocenters. The van der Waals surface area contributed by atoms with E-state index < -0.39 is 0 Å². The quantitative estimate of drug-likeness (QED) is 0.812. The predicted octanol–water partition coefficient (Wildman–Crippen LogP) is 3.47. The highest BCUT2D eigenvalue weighted by Gasteiger charge is 2.31. The summed E-state index contributed by atoms with van der Waals surface area (Å²) in [6.07, 6.45) is 2.37. The minimum Gasteiger partial charge on any atom is -0.508 e. The lowest BCUT2D eigenvalue weighted by atomic mass is 9.94. The number of hydrogen-bond donors (Lipinski definition) is 2. The first kappa shape index (κ1) is 17.5. The summed E-state index contributed by atoms with van der Waals surface area (Å²) in [5.41, 5.74) is 8.27. The van der Waals surface area contributed by atoms with Crippen molar-refractivity contribution >= 4 is 5.91 Å². The molecule has 0 spiro atoms. The van der Waals surface area contributed by atoms with E-state index in [-0.39, 0.29) is 23.6 Å². The SMILES string of the molecule is CC(C(=O)N(Cc1cccc(O)c1)CC1CC1)C(N)c1ccccc1. The van der Waals surface area contributed by atoms with Gasteiger partial charge in [-0.3, -0.25) is 4.79 Å². The van der Waals surface area contributed by atoms with Gasteiger partial charge in [-0.15, -0.1) is 0 Å². The van der Waals surface area contributed by atoms with Gasteiger partial charge in [-0.1, -0.05) is 49.4 Å². The molecule has 1 aliphatic carbocycles. The Balaban J connectivity index is 1.74. The van der Waals surface area contributed by atoms with Crippen LogP contribution in [0, 0.1) is 11.8 Å². The molecule has 0 saturated heterocycles. The first-order valence-corrected chi connectivity index (χ1v) is 8.92. The van der Waals surface area contributed by atoms with Gasteiger partial charge in [0.05, 0.1) is 5.92 Å². The van der Waals surface area contributed by atoms with Crippen LogP contribution in [0.5, 0.6) is 5.75 Å². The maximum Gasteiger partial charge on any atom is 0.227 e. The van der Waals surface area contributed by atoms with Gasteiger partial charge in [0.25, 0.3) is 0 Å². The highest BCUT2D eigenvalue weighted by molar-refractivity contribution is 5.79. The zero-order chi connectivity index (χ0) is 17.8. The summed E-state index contributed by atoms with van der Waals surface area (Å²) < 4.78 is 0. The van der Waals surface area contributed by atoms with Crippen LogP contribution >= 0.6 is 0 Å². The smallest absolute Gasteiger partial charge is 0.227 e. The van der Waals surface area contributed by atoms with E-state index in [1.165, 1.54) is 12.8 Å². The van der Waals surface area contributed by atoms with Crippen LogP contribution in [0.3, 0.4) is 0 Å². The number of hydrogen-bond acceptors (Lipinski definition) is 3. The summed E-state index contributed by atoms with van der Waals surface area (Å²) in [4.78, 5) is 15.0. The molecular weight excluding hydrogens is 312 g/mol. The number of nitrogens with two attached hydrogens (primary N) is 1. The molecule has 2 aromatic rings. The zero-order valence-corrected chi connectivity index (χ0v) is 14.6. The molecular formula is C21H26N2O2. The van der Waals surface area contributed by atoms with E-state index in [2.05, 4.69) is 0 Å². The van der Waals surface area contributed by atoms with Crippen molar-refractivity contribution in [2.75, 3.05) is 6.54 Å². The molecule has 0 radical (unpaired) electrons. The number of rotatable bonds is 7. The number of amides is 1. The largest absolute Gasteiger partial charge is 0.508 e. The Bertz CT molecular complexity index is 713. The minimum atomic E-state index is -0.320. The Morgan fingerprint density at radius 3 is 2.56 bits per heavy atom. The second-order valence-electron chi connectivity index (χ2n) is 7.06. The molecule has 0 aliphatic heterocycles. The molecule has 0 bridgehead atoms. The molecule has 3 rings (SSSR count). The normalized spacial score (nSPS) is 16.2. The van der Waals surface area contributed by atoms with Crippen molar-refractivity contribution in [2.45, 2.75) is 32.4 Å². The summed E-state index contributed by atoms with van der Waals surface area (Å²) >= 11 is 0.